The summed E-state index contributed by atoms with van der Waals surface area (Å²) in [7, 11) is 0. The third-order valence-corrected chi connectivity index (χ3v) is 4.16. The lowest BCUT2D eigenvalue weighted by atomic mass is 10.1. The van der Waals surface area contributed by atoms with E-state index in [0.29, 0.717) is 23.0 Å². The number of likely N-dealkylation sites (tertiary alicyclic amines) is 1. The fourth-order valence-electron chi connectivity index (χ4n) is 2.59. The molecule has 0 spiro atoms. The lowest BCUT2D eigenvalue weighted by molar-refractivity contribution is 0.0742. The number of hydrogen-bond acceptors (Lipinski definition) is 2. The first-order valence-electron chi connectivity index (χ1n) is 6.30. The first kappa shape index (κ1) is 13.4. The van der Waals surface area contributed by atoms with E-state index in [9.17, 15) is 4.79 Å². The van der Waals surface area contributed by atoms with Crippen molar-refractivity contribution in [2.45, 2.75) is 26.3 Å². The van der Waals surface area contributed by atoms with Gasteiger partial charge in [-0.1, -0.05) is 17.7 Å². The van der Waals surface area contributed by atoms with E-state index < -0.39 is 0 Å². The number of halogens is 1. The molecule has 0 aliphatic carbocycles. The lowest BCUT2D eigenvalue weighted by Gasteiger charge is -2.22. The standard InChI is InChI=1S/C14H19ClN2O/c1-9-6-11(7-16)8-17(9)14(18)12-4-3-5-13(15)10(12)2/h3-5,9,11H,6-8,16H2,1-2H3. The second-order valence-electron chi connectivity index (χ2n) is 5.06. The van der Waals surface area contributed by atoms with Gasteiger partial charge in [0.2, 0.25) is 0 Å². The summed E-state index contributed by atoms with van der Waals surface area (Å²) in [5.41, 5.74) is 7.25. The minimum atomic E-state index is 0.0680. The van der Waals surface area contributed by atoms with E-state index in [1.165, 1.54) is 0 Å². The van der Waals surface area contributed by atoms with Gasteiger partial charge in [0.1, 0.15) is 0 Å². The molecule has 2 N–H and O–H groups in total. The highest BCUT2D eigenvalue weighted by Gasteiger charge is 2.32. The summed E-state index contributed by atoms with van der Waals surface area (Å²) < 4.78 is 0. The molecule has 4 heteroatoms. The van der Waals surface area contributed by atoms with E-state index in [2.05, 4.69) is 6.92 Å². The highest BCUT2D eigenvalue weighted by Crippen LogP contribution is 2.26. The van der Waals surface area contributed by atoms with Crippen LogP contribution >= 0.6 is 11.6 Å². The summed E-state index contributed by atoms with van der Waals surface area (Å²) in [4.78, 5) is 14.4. The first-order valence-corrected chi connectivity index (χ1v) is 6.68. The van der Waals surface area contributed by atoms with Crippen LogP contribution in [-0.2, 0) is 0 Å². The van der Waals surface area contributed by atoms with Crippen LogP contribution in [0.3, 0.4) is 0 Å². The van der Waals surface area contributed by atoms with E-state index in [0.717, 1.165) is 18.5 Å². The Hall–Kier alpha value is -1.06. The molecule has 18 heavy (non-hydrogen) atoms. The highest BCUT2D eigenvalue weighted by atomic mass is 35.5. The van der Waals surface area contributed by atoms with Gasteiger partial charge in [-0.15, -0.1) is 0 Å². The van der Waals surface area contributed by atoms with Crippen molar-refractivity contribution in [2.75, 3.05) is 13.1 Å². The highest BCUT2D eigenvalue weighted by molar-refractivity contribution is 6.31. The molecule has 2 rings (SSSR count). The number of hydrogen-bond donors (Lipinski definition) is 1. The third kappa shape index (κ3) is 2.38. The number of carbonyl (C=O) groups is 1. The minimum absolute atomic E-state index is 0.0680. The molecule has 0 aromatic heterocycles. The Bertz CT molecular complexity index is 461. The molecule has 1 aliphatic heterocycles. The zero-order valence-corrected chi connectivity index (χ0v) is 11.6. The number of nitrogens with two attached hydrogens (primary N) is 1. The van der Waals surface area contributed by atoms with E-state index in [4.69, 9.17) is 17.3 Å². The number of rotatable bonds is 2. The predicted octanol–water partition coefficient (Wildman–Crippen LogP) is 2.46. The number of carbonyl (C=O) groups excluding carboxylic acids is 1. The van der Waals surface area contributed by atoms with Gasteiger partial charge in [-0.3, -0.25) is 4.79 Å². The molecule has 98 valence electrons. The molecule has 1 amide bonds. The second kappa shape index (κ2) is 5.29. The van der Waals surface area contributed by atoms with Gasteiger partial charge in [0.05, 0.1) is 0 Å². The Morgan fingerprint density at radius 2 is 2.28 bits per heavy atom. The molecule has 1 fully saturated rings. The maximum absolute atomic E-state index is 12.5. The normalized spacial score (nSPS) is 23.4. The van der Waals surface area contributed by atoms with Gasteiger partial charge >= 0.3 is 0 Å². The Morgan fingerprint density at radius 3 is 2.89 bits per heavy atom. The summed E-state index contributed by atoms with van der Waals surface area (Å²) in [5, 5.41) is 0.642. The van der Waals surface area contributed by atoms with Crippen LogP contribution in [0.25, 0.3) is 0 Å². The molecule has 0 radical (unpaired) electrons. The third-order valence-electron chi connectivity index (χ3n) is 3.75. The molecule has 2 unspecified atom stereocenters. The van der Waals surface area contributed by atoms with Crippen LogP contribution in [0.4, 0.5) is 0 Å². The van der Waals surface area contributed by atoms with Gasteiger partial charge in [-0.25, -0.2) is 0 Å². The van der Waals surface area contributed by atoms with Crippen LogP contribution in [0, 0.1) is 12.8 Å². The van der Waals surface area contributed by atoms with Crippen molar-refractivity contribution in [3.05, 3.63) is 34.3 Å². The Labute approximate surface area is 113 Å². The van der Waals surface area contributed by atoms with Gasteiger partial charge in [-0.2, -0.15) is 0 Å². The lowest BCUT2D eigenvalue weighted by Crippen LogP contribution is -2.34. The van der Waals surface area contributed by atoms with Crippen molar-refractivity contribution in [1.82, 2.24) is 4.90 Å². The predicted molar refractivity (Wildman–Crippen MR) is 73.8 cm³/mol. The summed E-state index contributed by atoms with van der Waals surface area (Å²) in [6, 6.07) is 5.73. The minimum Gasteiger partial charge on any atom is -0.336 e. The van der Waals surface area contributed by atoms with Gasteiger partial charge in [-0.05, 0) is 50.4 Å². The molecule has 1 saturated heterocycles. The Morgan fingerprint density at radius 1 is 1.56 bits per heavy atom. The topological polar surface area (TPSA) is 46.3 Å². The van der Waals surface area contributed by atoms with Gasteiger partial charge in [0.15, 0.2) is 0 Å². The molecule has 0 bridgehead atoms. The van der Waals surface area contributed by atoms with Crippen LogP contribution in [0.5, 0.6) is 0 Å². The average Bonchev–Trinajstić information content (AvgIpc) is 2.73. The van der Waals surface area contributed by atoms with Gasteiger partial charge < -0.3 is 10.6 Å². The summed E-state index contributed by atoms with van der Waals surface area (Å²) in [6.45, 7) is 5.36. The van der Waals surface area contributed by atoms with Crippen molar-refractivity contribution in [2.24, 2.45) is 11.7 Å². The number of benzene rings is 1. The van der Waals surface area contributed by atoms with Crippen molar-refractivity contribution in [1.29, 1.82) is 0 Å². The van der Waals surface area contributed by atoms with Crippen LogP contribution in [0.15, 0.2) is 18.2 Å². The largest absolute Gasteiger partial charge is 0.336 e. The van der Waals surface area contributed by atoms with Crippen LogP contribution in [0.1, 0.15) is 29.3 Å². The fourth-order valence-corrected chi connectivity index (χ4v) is 2.76. The zero-order chi connectivity index (χ0) is 13.3. The maximum atomic E-state index is 12.5. The number of nitrogens with zero attached hydrogens (tertiary/aromatic N) is 1. The summed E-state index contributed by atoms with van der Waals surface area (Å²) in [5.74, 6) is 0.488. The monoisotopic (exact) mass is 266 g/mol. The van der Waals surface area contributed by atoms with Crippen molar-refractivity contribution in [3.8, 4) is 0 Å². The Balaban J connectivity index is 2.24. The van der Waals surface area contributed by atoms with Gasteiger partial charge in [0.25, 0.3) is 5.91 Å². The summed E-state index contributed by atoms with van der Waals surface area (Å²) in [6.07, 6.45) is 0.988. The van der Waals surface area contributed by atoms with E-state index in [1.54, 1.807) is 0 Å². The fraction of sp³-hybridized carbons (Fsp3) is 0.500. The average molecular weight is 267 g/mol. The smallest absolute Gasteiger partial charge is 0.254 e. The van der Waals surface area contributed by atoms with Crippen molar-refractivity contribution < 1.29 is 4.79 Å². The number of amides is 1. The van der Waals surface area contributed by atoms with Crippen LogP contribution < -0.4 is 5.73 Å². The molecule has 2 atom stereocenters. The molecule has 3 nitrogen and oxygen atoms in total. The molecule has 1 aromatic rings. The molecular formula is C14H19ClN2O. The van der Waals surface area contributed by atoms with E-state index in [-0.39, 0.29) is 11.9 Å². The van der Waals surface area contributed by atoms with E-state index in [1.807, 2.05) is 30.0 Å². The summed E-state index contributed by atoms with van der Waals surface area (Å²) >= 11 is 6.07. The zero-order valence-electron chi connectivity index (χ0n) is 10.8. The van der Waals surface area contributed by atoms with Crippen LogP contribution in [0.2, 0.25) is 5.02 Å². The Kier molecular flexibility index (Phi) is 3.93. The molecule has 1 heterocycles. The second-order valence-corrected chi connectivity index (χ2v) is 5.46. The first-order chi connectivity index (χ1) is 8.54. The molecule has 1 aliphatic rings. The maximum Gasteiger partial charge on any atom is 0.254 e. The molecule has 0 saturated carbocycles. The molecular weight excluding hydrogens is 248 g/mol. The van der Waals surface area contributed by atoms with E-state index >= 15 is 0 Å². The van der Waals surface area contributed by atoms with Crippen LogP contribution in [-0.4, -0.2) is 29.9 Å². The SMILES string of the molecule is Cc1c(Cl)cccc1C(=O)N1CC(CN)CC1C. The van der Waals surface area contributed by atoms with Crippen molar-refractivity contribution >= 4 is 17.5 Å². The van der Waals surface area contributed by atoms with Gasteiger partial charge in [0, 0.05) is 23.2 Å². The molecule has 1 aromatic carbocycles. The van der Waals surface area contributed by atoms with Crippen molar-refractivity contribution in [3.63, 3.8) is 0 Å². The quantitative estimate of drug-likeness (QED) is 0.894.